The fourth-order valence-electron chi connectivity index (χ4n) is 3.73. The van der Waals surface area contributed by atoms with Crippen molar-refractivity contribution in [3.63, 3.8) is 0 Å². The van der Waals surface area contributed by atoms with Crippen LogP contribution in [0.4, 0.5) is 0 Å². The molecule has 2 aliphatic rings. The first-order valence-electron chi connectivity index (χ1n) is 10.0. The molecule has 2 amide bonds. The van der Waals surface area contributed by atoms with Crippen molar-refractivity contribution < 1.29 is 27.2 Å². The third-order valence-corrected chi connectivity index (χ3v) is 7.05. The van der Waals surface area contributed by atoms with Crippen LogP contribution in [0.2, 0.25) is 0 Å². The number of hydrogen-bond acceptors (Lipinski definition) is 6. The Bertz CT molecular complexity index is 1000. The minimum atomic E-state index is -3.55. The molecule has 1 unspecified atom stereocenters. The average molecular weight is 432 g/mol. The van der Waals surface area contributed by atoms with Crippen LogP contribution in [0.1, 0.15) is 29.2 Å². The van der Waals surface area contributed by atoms with E-state index in [0.717, 1.165) is 12.8 Å². The fourth-order valence-corrected chi connectivity index (χ4v) is 5.00. The minimum absolute atomic E-state index is 0.00833. The summed E-state index contributed by atoms with van der Waals surface area (Å²) in [5.74, 6) is -0.302. The van der Waals surface area contributed by atoms with E-state index in [1.165, 1.54) is 24.3 Å². The Balaban J connectivity index is 1.35. The van der Waals surface area contributed by atoms with Gasteiger partial charge in [0.15, 0.2) is 15.6 Å². The van der Waals surface area contributed by atoms with Crippen LogP contribution in [-0.2, 0) is 25.1 Å². The van der Waals surface area contributed by atoms with Crippen LogP contribution in [0.25, 0.3) is 0 Å². The number of ether oxygens (including phenoxy) is 1. The maximum absolute atomic E-state index is 12.7. The van der Waals surface area contributed by atoms with Crippen LogP contribution in [0.15, 0.2) is 51.8 Å². The van der Waals surface area contributed by atoms with E-state index in [4.69, 9.17) is 9.15 Å². The van der Waals surface area contributed by atoms with Crippen LogP contribution in [0.3, 0.4) is 0 Å². The number of carbonyl (C=O) groups is 2. The van der Waals surface area contributed by atoms with Gasteiger partial charge in [0.2, 0.25) is 0 Å². The molecule has 2 saturated heterocycles. The van der Waals surface area contributed by atoms with Gasteiger partial charge in [0.1, 0.15) is 17.6 Å². The Morgan fingerprint density at radius 1 is 0.967 bits per heavy atom. The molecule has 3 heterocycles. The van der Waals surface area contributed by atoms with Gasteiger partial charge in [-0.15, -0.1) is 0 Å². The molecule has 160 valence electrons. The fraction of sp³-hybridized carbons (Fsp3) is 0.429. The number of nitrogens with zero attached hydrogens (tertiary/aromatic N) is 2. The lowest BCUT2D eigenvalue weighted by Gasteiger charge is -2.35. The lowest BCUT2D eigenvalue weighted by Crippen LogP contribution is -2.52. The summed E-state index contributed by atoms with van der Waals surface area (Å²) in [7, 11) is -3.55. The third-order valence-electron chi connectivity index (χ3n) is 5.39. The molecule has 0 spiro atoms. The van der Waals surface area contributed by atoms with Crippen molar-refractivity contribution in [1.82, 2.24) is 9.80 Å². The van der Waals surface area contributed by atoms with Gasteiger partial charge in [0.25, 0.3) is 11.8 Å². The second kappa shape index (κ2) is 8.61. The molecule has 0 aliphatic carbocycles. The molecule has 2 fully saturated rings. The highest BCUT2D eigenvalue weighted by Crippen LogP contribution is 2.20. The summed E-state index contributed by atoms with van der Waals surface area (Å²) in [6, 6.07) is 11.1. The Labute approximate surface area is 175 Å². The summed E-state index contributed by atoms with van der Waals surface area (Å²) >= 11 is 0. The van der Waals surface area contributed by atoms with Crippen molar-refractivity contribution >= 4 is 21.7 Å². The summed E-state index contributed by atoms with van der Waals surface area (Å²) in [6.07, 6.45) is 1.29. The van der Waals surface area contributed by atoms with Gasteiger partial charge in [-0.2, -0.15) is 0 Å². The number of carbonyl (C=O) groups excluding carboxylic acids is 2. The highest BCUT2D eigenvalue weighted by molar-refractivity contribution is 7.90. The maximum atomic E-state index is 12.7. The first kappa shape index (κ1) is 20.6. The van der Waals surface area contributed by atoms with Crippen molar-refractivity contribution in [2.45, 2.75) is 29.6 Å². The number of benzene rings is 1. The second-order valence-corrected chi connectivity index (χ2v) is 9.45. The Morgan fingerprint density at radius 3 is 2.33 bits per heavy atom. The smallest absolute Gasteiger partial charge is 0.289 e. The first-order valence-corrected chi connectivity index (χ1v) is 11.7. The number of furan rings is 1. The summed E-state index contributed by atoms with van der Waals surface area (Å²) in [4.78, 5) is 28.7. The SMILES string of the molecule is O=C(c1ccc(CS(=O)(=O)c2ccccc2)o1)N1CCN(C(=O)C2CCCO2)CC1. The molecule has 1 aromatic carbocycles. The lowest BCUT2D eigenvalue weighted by molar-refractivity contribution is -0.142. The highest BCUT2D eigenvalue weighted by Gasteiger charge is 2.32. The molecule has 0 N–H and O–H groups in total. The molecule has 1 atom stereocenters. The number of piperazine rings is 1. The van der Waals surface area contributed by atoms with Crippen LogP contribution in [0, 0.1) is 0 Å². The molecular weight excluding hydrogens is 408 g/mol. The maximum Gasteiger partial charge on any atom is 0.289 e. The standard InChI is InChI=1S/C21H24N2O6S/c24-20(18-7-4-14-28-18)22-10-12-23(13-11-22)21(25)19-9-8-16(29-19)15-30(26,27)17-5-2-1-3-6-17/h1-3,5-6,8-9,18H,4,7,10-15H2. The van der Waals surface area contributed by atoms with Crippen LogP contribution < -0.4 is 0 Å². The first-order chi connectivity index (χ1) is 14.4. The Morgan fingerprint density at radius 2 is 1.67 bits per heavy atom. The number of hydrogen-bond donors (Lipinski definition) is 0. The Hall–Kier alpha value is -2.65. The van der Waals surface area contributed by atoms with E-state index in [-0.39, 0.29) is 40.1 Å². The third kappa shape index (κ3) is 4.41. The normalized spacial score (nSPS) is 19.8. The Kier molecular flexibility index (Phi) is 5.92. The van der Waals surface area contributed by atoms with Gasteiger partial charge in [-0.05, 0) is 37.1 Å². The van der Waals surface area contributed by atoms with Crippen molar-refractivity contribution in [3.05, 3.63) is 54.0 Å². The van der Waals surface area contributed by atoms with Crippen LogP contribution in [0.5, 0.6) is 0 Å². The number of amides is 2. The molecule has 1 aromatic heterocycles. The molecule has 2 aromatic rings. The van der Waals surface area contributed by atoms with Crippen molar-refractivity contribution in [2.75, 3.05) is 32.8 Å². The predicted molar refractivity (Wildman–Crippen MR) is 107 cm³/mol. The molecule has 0 saturated carbocycles. The molecule has 0 bridgehead atoms. The van der Waals surface area contributed by atoms with Gasteiger partial charge in [-0.25, -0.2) is 8.42 Å². The quantitative estimate of drug-likeness (QED) is 0.714. The van der Waals surface area contributed by atoms with Crippen LogP contribution >= 0.6 is 0 Å². The highest BCUT2D eigenvalue weighted by atomic mass is 32.2. The summed E-state index contributed by atoms with van der Waals surface area (Å²) < 4.78 is 36.0. The summed E-state index contributed by atoms with van der Waals surface area (Å²) in [5, 5.41) is 0. The summed E-state index contributed by atoms with van der Waals surface area (Å²) in [5.41, 5.74) is 0. The zero-order valence-corrected chi connectivity index (χ0v) is 17.3. The van der Waals surface area contributed by atoms with Gasteiger partial charge in [0.05, 0.1) is 4.90 Å². The van der Waals surface area contributed by atoms with E-state index in [1.54, 1.807) is 28.0 Å². The van der Waals surface area contributed by atoms with E-state index in [1.807, 2.05) is 0 Å². The van der Waals surface area contributed by atoms with Gasteiger partial charge in [0, 0.05) is 32.8 Å². The molecule has 9 heteroatoms. The summed E-state index contributed by atoms with van der Waals surface area (Å²) in [6.45, 7) is 2.31. The molecule has 0 radical (unpaired) electrons. The van der Waals surface area contributed by atoms with Gasteiger partial charge >= 0.3 is 0 Å². The van der Waals surface area contributed by atoms with Gasteiger partial charge < -0.3 is 19.0 Å². The average Bonchev–Trinajstić information content (AvgIpc) is 3.46. The molecule has 30 heavy (non-hydrogen) atoms. The van der Waals surface area contributed by atoms with E-state index < -0.39 is 9.84 Å². The zero-order chi connectivity index (χ0) is 21.1. The van der Waals surface area contributed by atoms with E-state index in [9.17, 15) is 18.0 Å². The molecule has 4 rings (SSSR count). The molecule has 2 aliphatic heterocycles. The van der Waals surface area contributed by atoms with Crippen molar-refractivity contribution in [1.29, 1.82) is 0 Å². The molecular formula is C21H24N2O6S. The van der Waals surface area contributed by atoms with E-state index in [0.29, 0.717) is 32.8 Å². The zero-order valence-electron chi connectivity index (χ0n) is 16.5. The number of rotatable bonds is 5. The number of sulfone groups is 1. The van der Waals surface area contributed by atoms with Crippen molar-refractivity contribution in [3.8, 4) is 0 Å². The van der Waals surface area contributed by atoms with Gasteiger partial charge in [-0.1, -0.05) is 18.2 Å². The topological polar surface area (TPSA) is 97.1 Å². The van der Waals surface area contributed by atoms with E-state index in [2.05, 4.69) is 0 Å². The molecule has 8 nitrogen and oxygen atoms in total. The van der Waals surface area contributed by atoms with Gasteiger partial charge in [-0.3, -0.25) is 9.59 Å². The predicted octanol–water partition coefficient (Wildman–Crippen LogP) is 1.72. The largest absolute Gasteiger partial charge is 0.455 e. The second-order valence-electron chi connectivity index (χ2n) is 7.46. The lowest BCUT2D eigenvalue weighted by atomic mass is 10.2. The monoisotopic (exact) mass is 432 g/mol. The van der Waals surface area contributed by atoms with E-state index >= 15 is 0 Å². The van der Waals surface area contributed by atoms with Crippen LogP contribution in [-0.4, -0.2) is 68.9 Å². The van der Waals surface area contributed by atoms with Crippen molar-refractivity contribution in [2.24, 2.45) is 0 Å². The minimum Gasteiger partial charge on any atom is -0.455 e.